The molecular weight excluding hydrogens is 428 g/mol. The number of aryl methyl sites for hydroxylation is 2. The number of nitrogens with zero attached hydrogens (tertiary/aromatic N) is 2. The van der Waals surface area contributed by atoms with E-state index >= 15 is 0 Å². The lowest BCUT2D eigenvalue weighted by Crippen LogP contribution is -2.40. The topological polar surface area (TPSA) is 127 Å². The molecule has 0 radical (unpaired) electrons. The van der Waals surface area contributed by atoms with Crippen LogP contribution in [0.3, 0.4) is 0 Å². The van der Waals surface area contributed by atoms with Gasteiger partial charge in [0, 0.05) is 5.69 Å². The number of ether oxygens (including phenoxy) is 1. The minimum Gasteiger partial charge on any atom is -0.454 e. The number of hydrogen-bond donors (Lipinski definition) is 2. The third-order valence-corrected chi connectivity index (χ3v) is 6.43. The van der Waals surface area contributed by atoms with Gasteiger partial charge in [-0.15, -0.1) is 0 Å². The molecule has 1 unspecified atom stereocenters. The summed E-state index contributed by atoms with van der Waals surface area (Å²) in [5.41, 5.74) is 3.07. The van der Waals surface area contributed by atoms with E-state index in [9.17, 15) is 18.0 Å². The van der Waals surface area contributed by atoms with Crippen LogP contribution in [0.25, 0.3) is 11.0 Å². The summed E-state index contributed by atoms with van der Waals surface area (Å²) in [4.78, 5) is 24.2. The summed E-state index contributed by atoms with van der Waals surface area (Å²) in [6.45, 7) is 4.50. The molecule has 1 aromatic heterocycles. The Kier molecular flexibility index (Phi) is 6.44. The van der Waals surface area contributed by atoms with E-state index in [1.54, 1.807) is 12.1 Å². The number of anilines is 1. The van der Waals surface area contributed by atoms with Crippen LogP contribution in [-0.4, -0.2) is 41.7 Å². The van der Waals surface area contributed by atoms with Crippen LogP contribution in [0.2, 0.25) is 0 Å². The van der Waals surface area contributed by atoms with Gasteiger partial charge in [-0.3, -0.25) is 9.59 Å². The summed E-state index contributed by atoms with van der Waals surface area (Å²) in [5, 5.41) is 2.70. The zero-order valence-corrected chi connectivity index (χ0v) is 18.1. The Bertz CT molecular complexity index is 1190. The fourth-order valence-corrected chi connectivity index (χ4v) is 4.75. The molecule has 0 saturated heterocycles. The van der Waals surface area contributed by atoms with Crippen LogP contribution in [0, 0.1) is 13.8 Å². The first-order valence-corrected chi connectivity index (χ1v) is 11.2. The maximum atomic E-state index is 12.7. The predicted octanol–water partition coefficient (Wildman–Crippen LogP) is 2.16. The van der Waals surface area contributed by atoms with Gasteiger partial charge >= 0.3 is 5.97 Å². The van der Waals surface area contributed by atoms with Gasteiger partial charge in [-0.2, -0.15) is 13.5 Å². The summed E-state index contributed by atoms with van der Waals surface area (Å²) in [5.74, 6) is -1.40. The second kappa shape index (κ2) is 8.86. The molecule has 2 aromatic carbocycles. The summed E-state index contributed by atoms with van der Waals surface area (Å²) in [6.07, 6.45) is 0. The van der Waals surface area contributed by atoms with Crippen LogP contribution >= 0.6 is 11.7 Å². The number of hydrogen-bond acceptors (Lipinski definition) is 8. The molecule has 0 aliphatic heterocycles. The van der Waals surface area contributed by atoms with Crippen molar-refractivity contribution >= 4 is 50.3 Å². The Morgan fingerprint density at radius 2 is 1.77 bits per heavy atom. The van der Waals surface area contributed by atoms with Gasteiger partial charge in [0.2, 0.25) is 10.0 Å². The largest absolute Gasteiger partial charge is 0.454 e. The van der Waals surface area contributed by atoms with Gasteiger partial charge in [-0.05, 0) is 44.0 Å². The lowest BCUT2D eigenvalue weighted by Gasteiger charge is -2.15. The van der Waals surface area contributed by atoms with Gasteiger partial charge in [0.15, 0.2) is 6.61 Å². The van der Waals surface area contributed by atoms with Crippen LogP contribution in [0.15, 0.2) is 41.3 Å². The molecule has 3 aromatic rings. The number of aromatic nitrogens is 2. The minimum atomic E-state index is -4.05. The molecule has 1 heterocycles. The third kappa shape index (κ3) is 4.81. The molecule has 0 spiro atoms. The van der Waals surface area contributed by atoms with E-state index in [2.05, 4.69) is 18.8 Å². The summed E-state index contributed by atoms with van der Waals surface area (Å²) >= 11 is 0.894. The van der Waals surface area contributed by atoms with Crippen molar-refractivity contribution in [3.8, 4) is 0 Å². The average molecular weight is 449 g/mol. The Hall–Kier alpha value is -2.89. The van der Waals surface area contributed by atoms with Crippen LogP contribution in [-0.2, 0) is 24.3 Å². The second-order valence-corrected chi connectivity index (χ2v) is 8.86. The summed E-state index contributed by atoms with van der Waals surface area (Å²) < 4.78 is 40.5. The molecular formula is C19H20N4O5S2. The van der Waals surface area contributed by atoms with Crippen LogP contribution in [0.5, 0.6) is 0 Å². The van der Waals surface area contributed by atoms with Crippen molar-refractivity contribution in [1.29, 1.82) is 0 Å². The predicted molar refractivity (Wildman–Crippen MR) is 113 cm³/mol. The molecule has 1 amide bonds. The molecule has 0 saturated carbocycles. The average Bonchev–Trinajstić information content (AvgIpc) is 3.17. The molecule has 11 heteroatoms. The zero-order valence-electron chi connectivity index (χ0n) is 16.5. The number of rotatable bonds is 7. The Morgan fingerprint density at radius 1 is 1.10 bits per heavy atom. The number of fused-ring (bicyclic) bond motifs is 1. The van der Waals surface area contributed by atoms with E-state index in [1.807, 2.05) is 32.0 Å². The van der Waals surface area contributed by atoms with Crippen molar-refractivity contribution in [3.63, 3.8) is 0 Å². The van der Waals surface area contributed by atoms with Gasteiger partial charge in [-0.25, -0.2) is 8.42 Å². The normalized spacial score (nSPS) is 12.5. The quantitative estimate of drug-likeness (QED) is 0.530. The first-order valence-electron chi connectivity index (χ1n) is 8.95. The lowest BCUT2D eigenvalue weighted by atomic mass is 10.1. The monoisotopic (exact) mass is 448 g/mol. The van der Waals surface area contributed by atoms with E-state index in [4.69, 9.17) is 4.74 Å². The first kappa shape index (κ1) is 21.8. The van der Waals surface area contributed by atoms with Crippen molar-refractivity contribution in [2.45, 2.75) is 31.7 Å². The molecule has 30 heavy (non-hydrogen) atoms. The van der Waals surface area contributed by atoms with Gasteiger partial charge in [0.1, 0.15) is 22.0 Å². The van der Waals surface area contributed by atoms with Gasteiger partial charge < -0.3 is 10.1 Å². The summed E-state index contributed by atoms with van der Waals surface area (Å²) in [7, 11) is -4.05. The smallest absolute Gasteiger partial charge is 0.324 e. The van der Waals surface area contributed by atoms with Gasteiger partial charge in [0.05, 0.1) is 11.7 Å². The fraction of sp³-hybridized carbons (Fsp3) is 0.263. The highest BCUT2D eigenvalue weighted by Crippen LogP contribution is 2.21. The lowest BCUT2D eigenvalue weighted by molar-refractivity contribution is -0.148. The van der Waals surface area contributed by atoms with E-state index in [0.717, 1.165) is 22.9 Å². The Labute approximate surface area is 177 Å². The molecule has 9 nitrogen and oxygen atoms in total. The molecule has 0 fully saturated rings. The number of carbonyl (C=O) groups excluding carboxylic acids is 2. The van der Waals surface area contributed by atoms with Crippen molar-refractivity contribution < 1.29 is 22.7 Å². The number of esters is 1. The molecule has 1 atom stereocenters. The van der Waals surface area contributed by atoms with E-state index < -0.39 is 34.5 Å². The number of sulfonamides is 1. The van der Waals surface area contributed by atoms with Crippen LogP contribution < -0.4 is 10.0 Å². The van der Waals surface area contributed by atoms with Crippen molar-refractivity contribution in [1.82, 2.24) is 13.5 Å². The number of benzene rings is 2. The highest BCUT2D eigenvalue weighted by atomic mass is 32.2. The molecule has 0 aliphatic rings. The minimum absolute atomic E-state index is 0.0822. The molecule has 0 bridgehead atoms. The SMILES string of the molecule is Cc1cccc(C)c1NC(=O)COC(=O)C(C)NS(=O)(=O)c1cccc2nsnc12. The molecule has 2 N–H and O–H groups in total. The van der Waals surface area contributed by atoms with E-state index in [0.29, 0.717) is 11.2 Å². The highest BCUT2D eigenvalue weighted by Gasteiger charge is 2.26. The molecule has 0 aliphatic carbocycles. The third-order valence-electron chi connectivity index (χ3n) is 4.32. The fourth-order valence-electron chi connectivity index (χ4n) is 2.79. The van der Waals surface area contributed by atoms with Gasteiger partial charge in [0.25, 0.3) is 5.91 Å². The number of carbonyl (C=O) groups is 2. The van der Waals surface area contributed by atoms with Crippen molar-refractivity contribution in [2.75, 3.05) is 11.9 Å². The van der Waals surface area contributed by atoms with E-state index in [-0.39, 0.29) is 10.4 Å². The summed E-state index contributed by atoms with van der Waals surface area (Å²) in [6, 6.07) is 8.93. The number of nitrogens with one attached hydrogen (secondary N) is 2. The maximum absolute atomic E-state index is 12.7. The number of para-hydroxylation sites is 1. The van der Waals surface area contributed by atoms with Crippen LogP contribution in [0.1, 0.15) is 18.1 Å². The maximum Gasteiger partial charge on any atom is 0.324 e. The molecule has 3 rings (SSSR count). The second-order valence-electron chi connectivity index (χ2n) is 6.65. The first-order chi connectivity index (χ1) is 14.2. The highest BCUT2D eigenvalue weighted by molar-refractivity contribution is 7.89. The number of amides is 1. The van der Waals surface area contributed by atoms with Crippen molar-refractivity contribution in [3.05, 3.63) is 47.5 Å². The molecule has 158 valence electrons. The van der Waals surface area contributed by atoms with Crippen LogP contribution in [0.4, 0.5) is 5.69 Å². The van der Waals surface area contributed by atoms with Crippen molar-refractivity contribution in [2.24, 2.45) is 0 Å². The van der Waals surface area contributed by atoms with Gasteiger partial charge in [-0.1, -0.05) is 24.3 Å². The Morgan fingerprint density at radius 3 is 2.47 bits per heavy atom. The standard InChI is InChI=1S/C19H20N4O5S2/c1-11-6-4-7-12(2)17(11)20-16(24)10-28-19(25)13(3)23-30(26,27)15-9-5-8-14-18(15)22-29-21-14/h4-9,13,23H,10H2,1-3H3,(H,20,24). The zero-order chi connectivity index (χ0) is 21.9. The van der Waals surface area contributed by atoms with E-state index in [1.165, 1.54) is 13.0 Å². The Balaban J connectivity index is 1.60.